The van der Waals surface area contributed by atoms with Crippen molar-refractivity contribution < 1.29 is 0 Å². The first-order valence-electron chi connectivity index (χ1n) is 8.06. The van der Waals surface area contributed by atoms with Crippen molar-refractivity contribution in [2.45, 2.75) is 56.4 Å². The average molecular weight is 312 g/mol. The molecule has 1 aromatic heterocycles. The zero-order valence-electron chi connectivity index (χ0n) is 12.4. The van der Waals surface area contributed by atoms with Crippen LogP contribution in [0.2, 0.25) is 0 Å². The van der Waals surface area contributed by atoms with Crippen LogP contribution in [0.15, 0.2) is 5.03 Å². The minimum absolute atomic E-state index is 0.661. The summed E-state index contributed by atoms with van der Waals surface area (Å²) in [6.07, 6.45) is 8.11. The predicted molar refractivity (Wildman–Crippen MR) is 86.7 cm³/mol. The lowest BCUT2D eigenvalue weighted by atomic mass is 9.89. The molecule has 2 fully saturated rings. The van der Waals surface area contributed by atoms with Crippen molar-refractivity contribution in [3.05, 3.63) is 5.69 Å². The largest absolute Gasteiger partial charge is 0.302 e. The first-order chi connectivity index (χ1) is 9.88. The molecule has 2 bridgehead atoms. The summed E-state index contributed by atoms with van der Waals surface area (Å²) < 4.78 is 9.22. The number of fused-ring (bicyclic) bond motifs is 2. The van der Waals surface area contributed by atoms with Crippen molar-refractivity contribution in [3.8, 4) is 0 Å². The molecule has 2 aliphatic heterocycles. The summed E-state index contributed by atoms with van der Waals surface area (Å²) in [5.41, 5.74) is 1.32. The van der Waals surface area contributed by atoms with Crippen LogP contribution in [0.25, 0.3) is 0 Å². The van der Waals surface area contributed by atoms with E-state index in [0.717, 1.165) is 5.92 Å². The van der Waals surface area contributed by atoms with E-state index in [9.17, 15) is 0 Å². The van der Waals surface area contributed by atoms with Crippen LogP contribution >= 0.6 is 23.5 Å². The highest BCUT2D eigenvalue weighted by Gasteiger charge is 2.38. The van der Waals surface area contributed by atoms with E-state index in [1.807, 2.05) is 11.8 Å². The van der Waals surface area contributed by atoms with Crippen LogP contribution in [-0.2, 0) is 0 Å². The van der Waals surface area contributed by atoms with Crippen LogP contribution in [0.3, 0.4) is 0 Å². The molecule has 5 heteroatoms. The third-order valence-electron chi connectivity index (χ3n) is 4.64. The lowest BCUT2D eigenvalue weighted by Gasteiger charge is -2.21. The van der Waals surface area contributed by atoms with Crippen molar-refractivity contribution in [2.75, 3.05) is 25.4 Å². The summed E-state index contributed by atoms with van der Waals surface area (Å²) in [4.78, 5) is 2.62. The standard InChI is InChI=1S/C15H25N3S2/c1-2-3-4-5-9-19-15-14(16-20-17-15)13-11-18-8-6-7-12(13)10-18/h12-13H,2-11H2,1H3/t12-,13-/m0/s1. The number of thioether (sulfide) groups is 1. The van der Waals surface area contributed by atoms with E-state index in [2.05, 4.69) is 20.6 Å². The molecule has 1 aromatic rings. The Morgan fingerprint density at radius 2 is 2.20 bits per heavy atom. The van der Waals surface area contributed by atoms with Gasteiger partial charge in [0.1, 0.15) is 5.03 Å². The zero-order chi connectivity index (χ0) is 13.8. The van der Waals surface area contributed by atoms with Crippen LogP contribution in [0, 0.1) is 5.92 Å². The maximum Gasteiger partial charge on any atom is 0.134 e. The fraction of sp³-hybridized carbons (Fsp3) is 0.867. The lowest BCUT2D eigenvalue weighted by molar-refractivity contribution is 0.269. The third-order valence-corrected chi connectivity index (χ3v) is 6.36. The smallest absolute Gasteiger partial charge is 0.134 e. The number of hydrogen-bond donors (Lipinski definition) is 0. The van der Waals surface area contributed by atoms with E-state index >= 15 is 0 Å². The van der Waals surface area contributed by atoms with Crippen molar-refractivity contribution >= 4 is 23.5 Å². The summed E-state index contributed by atoms with van der Waals surface area (Å²) in [7, 11) is 0. The van der Waals surface area contributed by atoms with Gasteiger partial charge in [0.2, 0.25) is 0 Å². The molecule has 0 N–H and O–H groups in total. The highest BCUT2D eigenvalue weighted by Crippen LogP contribution is 2.41. The summed E-state index contributed by atoms with van der Waals surface area (Å²) in [6.45, 7) is 6.08. The molecule has 3 rings (SSSR count). The average Bonchev–Trinajstić information content (AvgIpc) is 3.03. The fourth-order valence-electron chi connectivity index (χ4n) is 3.53. The minimum Gasteiger partial charge on any atom is -0.302 e. The van der Waals surface area contributed by atoms with Gasteiger partial charge in [-0.05, 0) is 37.5 Å². The van der Waals surface area contributed by atoms with Crippen molar-refractivity contribution in [1.82, 2.24) is 13.6 Å². The molecular weight excluding hydrogens is 286 g/mol. The molecule has 2 aliphatic rings. The number of piperidine rings is 1. The second kappa shape index (κ2) is 7.23. The molecule has 0 amide bonds. The summed E-state index contributed by atoms with van der Waals surface area (Å²) in [5, 5.41) is 1.24. The molecule has 0 aliphatic carbocycles. The highest BCUT2D eigenvalue weighted by atomic mass is 32.2. The van der Waals surface area contributed by atoms with E-state index in [1.54, 1.807) is 0 Å². The van der Waals surface area contributed by atoms with Crippen LogP contribution < -0.4 is 0 Å². The van der Waals surface area contributed by atoms with Crippen LogP contribution in [0.4, 0.5) is 0 Å². The molecule has 3 heterocycles. The summed E-state index contributed by atoms with van der Waals surface area (Å²) in [6, 6.07) is 0. The molecule has 1 unspecified atom stereocenters. The first-order valence-corrected chi connectivity index (χ1v) is 9.77. The first kappa shape index (κ1) is 14.8. The third kappa shape index (κ3) is 3.37. The zero-order valence-corrected chi connectivity index (χ0v) is 14.0. The molecule has 0 spiro atoms. The van der Waals surface area contributed by atoms with E-state index in [0.29, 0.717) is 5.92 Å². The Hall–Kier alpha value is -0.130. The van der Waals surface area contributed by atoms with Crippen LogP contribution in [-0.4, -0.2) is 39.0 Å². The van der Waals surface area contributed by atoms with Gasteiger partial charge in [-0.1, -0.05) is 26.2 Å². The van der Waals surface area contributed by atoms with Gasteiger partial charge in [0.05, 0.1) is 17.4 Å². The molecule has 2 saturated heterocycles. The highest BCUT2D eigenvalue weighted by molar-refractivity contribution is 7.99. The Morgan fingerprint density at radius 3 is 3.05 bits per heavy atom. The Labute approximate surface area is 130 Å². The Kier molecular flexibility index (Phi) is 5.35. The normalized spacial score (nSPS) is 28.9. The van der Waals surface area contributed by atoms with Crippen molar-refractivity contribution in [3.63, 3.8) is 0 Å². The number of nitrogens with zero attached hydrogens (tertiary/aromatic N) is 3. The summed E-state index contributed by atoms with van der Waals surface area (Å²) >= 11 is 3.36. The van der Waals surface area contributed by atoms with E-state index in [-0.39, 0.29) is 0 Å². The molecule has 3 nitrogen and oxygen atoms in total. The maximum absolute atomic E-state index is 4.66. The number of hydrogen-bond acceptors (Lipinski definition) is 5. The van der Waals surface area contributed by atoms with Gasteiger partial charge in [-0.2, -0.15) is 8.75 Å². The SMILES string of the molecule is CCCCCCSc1nsnc1[C@H]1CN2CCC[C@H]1C2. The maximum atomic E-state index is 4.66. The Morgan fingerprint density at radius 1 is 1.25 bits per heavy atom. The van der Waals surface area contributed by atoms with Gasteiger partial charge < -0.3 is 4.90 Å². The Balaban J connectivity index is 1.56. The molecule has 3 atom stereocenters. The Bertz CT molecular complexity index is 421. The van der Waals surface area contributed by atoms with Gasteiger partial charge >= 0.3 is 0 Å². The topological polar surface area (TPSA) is 29.0 Å². The fourth-order valence-corrected chi connectivity index (χ4v) is 5.31. The molecule has 112 valence electrons. The van der Waals surface area contributed by atoms with E-state index in [1.165, 1.54) is 86.4 Å². The van der Waals surface area contributed by atoms with Gasteiger partial charge in [-0.25, -0.2) is 0 Å². The lowest BCUT2D eigenvalue weighted by Crippen LogP contribution is -2.25. The van der Waals surface area contributed by atoms with Gasteiger partial charge in [0.25, 0.3) is 0 Å². The molecule has 0 aromatic carbocycles. The van der Waals surface area contributed by atoms with Gasteiger partial charge in [0, 0.05) is 19.0 Å². The molecular formula is C15H25N3S2. The molecule has 20 heavy (non-hydrogen) atoms. The summed E-state index contributed by atoms with van der Waals surface area (Å²) in [5.74, 6) is 2.71. The molecule has 0 radical (unpaired) electrons. The van der Waals surface area contributed by atoms with E-state index in [4.69, 9.17) is 0 Å². The van der Waals surface area contributed by atoms with Crippen molar-refractivity contribution in [1.29, 1.82) is 0 Å². The second-order valence-electron chi connectivity index (χ2n) is 6.13. The number of rotatable bonds is 7. The van der Waals surface area contributed by atoms with Gasteiger partial charge in [-0.3, -0.25) is 0 Å². The van der Waals surface area contributed by atoms with Crippen molar-refractivity contribution in [2.24, 2.45) is 5.92 Å². The molecule has 0 saturated carbocycles. The van der Waals surface area contributed by atoms with Gasteiger partial charge in [-0.15, -0.1) is 11.8 Å². The quantitative estimate of drug-likeness (QED) is 0.562. The monoisotopic (exact) mass is 311 g/mol. The number of unbranched alkanes of at least 4 members (excludes halogenated alkanes) is 3. The van der Waals surface area contributed by atoms with Crippen LogP contribution in [0.5, 0.6) is 0 Å². The minimum atomic E-state index is 0.661. The van der Waals surface area contributed by atoms with Gasteiger partial charge in [0.15, 0.2) is 0 Å². The van der Waals surface area contributed by atoms with E-state index < -0.39 is 0 Å². The number of aromatic nitrogens is 2. The predicted octanol–water partition coefficient (Wildman–Crippen LogP) is 4.02. The van der Waals surface area contributed by atoms with Crippen LogP contribution in [0.1, 0.15) is 57.1 Å². The second-order valence-corrected chi connectivity index (χ2v) is 7.74.